The Morgan fingerprint density at radius 3 is 2.82 bits per heavy atom. The molecule has 0 spiro atoms. The maximum absolute atomic E-state index is 13.8. The number of anilines is 1. The van der Waals surface area contributed by atoms with Crippen molar-refractivity contribution in [2.24, 2.45) is 0 Å². The fourth-order valence-electron chi connectivity index (χ4n) is 4.30. The van der Waals surface area contributed by atoms with Gasteiger partial charge in [0, 0.05) is 5.02 Å². The molecule has 11 heteroatoms. The molecule has 1 aliphatic heterocycles. The van der Waals surface area contributed by atoms with Crippen LogP contribution in [0.15, 0.2) is 58.3 Å². The summed E-state index contributed by atoms with van der Waals surface area (Å²) in [4.78, 5) is 46.1. The SMILES string of the molecule is C=CCOC(=O)c1sc(N2C(=O)c3oc4ccc(Cl)cc4c(=O)c3C2c2ccc(O)c(OCC)c2)nc1C. The highest BCUT2D eigenvalue weighted by molar-refractivity contribution is 7.17. The van der Waals surface area contributed by atoms with Gasteiger partial charge in [-0.3, -0.25) is 14.5 Å². The minimum Gasteiger partial charge on any atom is -0.504 e. The van der Waals surface area contributed by atoms with E-state index in [4.69, 9.17) is 25.5 Å². The first-order chi connectivity index (χ1) is 18.2. The topological polar surface area (TPSA) is 119 Å². The minimum absolute atomic E-state index is 0.0174. The number of hydrogen-bond acceptors (Lipinski definition) is 9. The number of halogens is 1. The number of hydrogen-bond donors (Lipinski definition) is 1. The monoisotopic (exact) mass is 552 g/mol. The Morgan fingerprint density at radius 1 is 1.29 bits per heavy atom. The number of phenolic OH excluding ortho intramolecular Hbond substituents is 1. The van der Waals surface area contributed by atoms with Crippen LogP contribution in [0.25, 0.3) is 11.0 Å². The van der Waals surface area contributed by atoms with E-state index in [0.29, 0.717) is 16.3 Å². The summed E-state index contributed by atoms with van der Waals surface area (Å²) in [5, 5.41) is 11.0. The average Bonchev–Trinajstić information content (AvgIpc) is 3.42. The number of benzene rings is 2. The maximum atomic E-state index is 13.8. The van der Waals surface area contributed by atoms with E-state index in [1.807, 2.05) is 0 Å². The van der Waals surface area contributed by atoms with Crippen LogP contribution in [-0.4, -0.2) is 35.2 Å². The summed E-state index contributed by atoms with van der Waals surface area (Å²) in [6, 6.07) is 8.15. The van der Waals surface area contributed by atoms with E-state index in [1.165, 1.54) is 29.2 Å². The Labute approximate surface area is 225 Å². The Morgan fingerprint density at radius 2 is 2.08 bits per heavy atom. The lowest BCUT2D eigenvalue weighted by atomic mass is 9.98. The van der Waals surface area contributed by atoms with Crippen molar-refractivity contribution in [1.29, 1.82) is 0 Å². The lowest BCUT2D eigenvalue weighted by Crippen LogP contribution is -2.29. The van der Waals surface area contributed by atoms with E-state index in [-0.39, 0.29) is 57.0 Å². The Balaban J connectivity index is 1.74. The van der Waals surface area contributed by atoms with Gasteiger partial charge in [-0.1, -0.05) is 41.7 Å². The van der Waals surface area contributed by atoms with Crippen LogP contribution < -0.4 is 15.1 Å². The number of carbonyl (C=O) groups is 2. The molecule has 1 atom stereocenters. The van der Waals surface area contributed by atoms with Gasteiger partial charge in [0.15, 0.2) is 22.1 Å². The zero-order valence-corrected chi connectivity index (χ0v) is 21.9. The number of esters is 1. The van der Waals surface area contributed by atoms with Crippen molar-refractivity contribution < 1.29 is 28.6 Å². The molecule has 0 saturated heterocycles. The van der Waals surface area contributed by atoms with Gasteiger partial charge in [0.05, 0.1) is 29.3 Å². The highest BCUT2D eigenvalue weighted by atomic mass is 35.5. The van der Waals surface area contributed by atoms with Crippen molar-refractivity contribution in [2.75, 3.05) is 18.1 Å². The molecule has 0 bridgehead atoms. The fourth-order valence-corrected chi connectivity index (χ4v) is 5.46. The normalized spacial score (nSPS) is 14.6. The Bertz CT molecular complexity index is 1680. The van der Waals surface area contributed by atoms with E-state index >= 15 is 0 Å². The zero-order chi connectivity index (χ0) is 27.1. The minimum atomic E-state index is -0.987. The Kier molecular flexibility index (Phi) is 6.68. The molecule has 0 radical (unpaired) electrons. The van der Waals surface area contributed by atoms with Crippen LogP contribution in [0.3, 0.4) is 0 Å². The summed E-state index contributed by atoms with van der Waals surface area (Å²) in [6.45, 7) is 7.23. The largest absolute Gasteiger partial charge is 0.504 e. The standard InChI is InChI=1S/C27H21ClN2O7S/c1-4-10-36-26(34)24-13(3)29-27(38-24)30-21(14-6-8-17(31)19(11-14)35-5-2)20-22(32)16-12-15(28)7-9-18(16)37-23(20)25(30)33/h4,6-9,11-12,21,31H,1,5,10H2,2-3H3. The number of carbonyl (C=O) groups excluding carboxylic acids is 2. The van der Waals surface area contributed by atoms with Gasteiger partial charge in [-0.05, 0) is 49.7 Å². The van der Waals surface area contributed by atoms with Crippen molar-refractivity contribution in [2.45, 2.75) is 19.9 Å². The van der Waals surface area contributed by atoms with Crippen LogP contribution in [0.1, 0.15) is 50.0 Å². The molecule has 194 valence electrons. The summed E-state index contributed by atoms with van der Waals surface area (Å²) in [7, 11) is 0. The van der Waals surface area contributed by atoms with E-state index in [0.717, 1.165) is 11.3 Å². The van der Waals surface area contributed by atoms with Crippen molar-refractivity contribution in [3.05, 3.63) is 91.8 Å². The number of aryl methyl sites for hydroxylation is 1. The molecule has 1 aliphatic rings. The lowest BCUT2D eigenvalue weighted by molar-refractivity contribution is 0.0554. The highest BCUT2D eigenvalue weighted by Gasteiger charge is 2.45. The van der Waals surface area contributed by atoms with Crippen LogP contribution >= 0.6 is 22.9 Å². The molecule has 1 unspecified atom stereocenters. The molecule has 2 aromatic carbocycles. The molecule has 4 aromatic rings. The number of phenols is 1. The number of thiazole rings is 1. The molecule has 1 amide bonds. The van der Waals surface area contributed by atoms with Gasteiger partial charge in [0.2, 0.25) is 5.76 Å². The number of aromatic nitrogens is 1. The zero-order valence-electron chi connectivity index (χ0n) is 20.3. The molecule has 0 aliphatic carbocycles. The number of fused-ring (bicyclic) bond motifs is 2. The summed E-state index contributed by atoms with van der Waals surface area (Å²) in [5.74, 6) is -1.27. The average molecular weight is 553 g/mol. The van der Waals surface area contributed by atoms with Crippen LogP contribution in [0.4, 0.5) is 5.13 Å². The maximum Gasteiger partial charge on any atom is 0.350 e. The quantitative estimate of drug-likeness (QED) is 0.239. The molecule has 38 heavy (non-hydrogen) atoms. The van der Waals surface area contributed by atoms with Gasteiger partial charge in [0.1, 0.15) is 17.1 Å². The number of nitrogens with zero attached hydrogens (tertiary/aromatic N) is 2. The summed E-state index contributed by atoms with van der Waals surface area (Å²) < 4.78 is 16.6. The molecule has 3 heterocycles. The third kappa shape index (κ3) is 4.21. The van der Waals surface area contributed by atoms with Gasteiger partial charge in [-0.25, -0.2) is 9.78 Å². The second kappa shape index (κ2) is 9.96. The predicted octanol–water partition coefficient (Wildman–Crippen LogP) is 5.41. The summed E-state index contributed by atoms with van der Waals surface area (Å²) >= 11 is 7.10. The summed E-state index contributed by atoms with van der Waals surface area (Å²) in [6.07, 6.45) is 1.45. The molecule has 0 saturated carbocycles. The second-order valence-electron chi connectivity index (χ2n) is 8.35. The fraction of sp³-hybridized carbons (Fsp3) is 0.185. The number of ether oxygens (including phenoxy) is 2. The van der Waals surface area contributed by atoms with Gasteiger partial charge >= 0.3 is 5.97 Å². The third-order valence-electron chi connectivity index (χ3n) is 5.94. The van der Waals surface area contributed by atoms with Gasteiger partial charge in [-0.15, -0.1) is 0 Å². The third-order valence-corrected chi connectivity index (χ3v) is 7.31. The molecule has 2 aromatic heterocycles. The van der Waals surface area contributed by atoms with Crippen LogP contribution in [0, 0.1) is 6.92 Å². The Hall–Kier alpha value is -4.15. The van der Waals surface area contributed by atoms with Crippen LogP contribution in [0.5, 0.6) is 11.5 Å². The molecule has 1 N–H and O–H groups in total. The number of aromatic hydroxyl groups is 1. The first-order valence-corrected chi connectivity index (χ1v) is 12.8. The molecule has 9 nitrogen and oxygen atoms in total. The first kappa shape index (κ1) is 25.5. The highest BCUT2D eigenvalue weighted by Crippen LogP contribution is 2.44. The lowest BCUT2D eigenvalue weighted by Gasteiger charge is -2.23. The van der Waals surface area contributed by atoms with Gasteiger partial charge < -0.3 is 19.0 Å². The van der Waals surface area contributed by atoms with Crippen molar-refractivity contribution in [1.82, 2.24) is 4.98 Å². The van der Waals surface area contributed by atoms with Crippen LogP contribution in [0.2, 0.25) is 5.02 Å². The van der Waals surface area contributed by atoms with E-state index in [9.17, 15) is 19.5 Å². The molecular weight excluding hydrogens is 532 g/mol. The number of amides is 1. The van der Waals surface area contributed by atoms with Gasteiger partial charge in [0.25, 0.3) is 5.91 Å². The first-order valence-electron chi connectivity index (χ1n) is 11.6. The smallest absolute Gasteiger partial charge is 0.350 e. The van der Waals surface area contributed by atoms with E-state index in [1.54, 1.807) is 32.0 Å². The predicted molar refractivity (Wildman–Crippen MR) is 143 cm³/mol. The molecule has 0 fully saturated rings. The van der Waals surface area contributed by atoms with Crippen LogP contribution in [-0.2, 0) is 4.74 Å². The van der Waals surface area contributed by atoms with Crippen molar-refractivity contribution >= 4 is 50.9 Å². The van der Waals surface area contributed by atoms with E-state index < -0.39 is 23.3 Å². The molecular formula is C27H21ClN2O7S. The number of rotatable bonds is 7. The molecule has 5 rings (SSSR count). The second-order valence-corrected chi connectivity index (χ2v) is 9.76. The van der Waals surface area contributed by atoms with Crippen molar-refractivity contribution in [3.63, 3.8) is 0 Å². The van der Waals surface area contributed by atoms with Crippen molar-refractivity contribution in [3.8, 4) is 11.5 Å². The summed E-state index contributed by atoms with van der Waals surface area (Å²) in [5.41, 5.74) is 0.682. The van der Waals surface area contributed by atoms with Gasteiger partial charge in [-0.2, -0.15) is 0 Å². The van der Waals surface area contributed by atoms with E-state index in [2.05, 4.69) is 11.6 Å².